The Morgan fingerprint density at radius 2 is 2.20 bits per heavy atom. The van der Waals surface area contributed by atoms with Gasteiger partial charge in [0.1, 0.15) is 5.75 Å². The number of fused-ring (bicyclic) bond motifs is 1. The molecule has 1 aromatic rings. The van der Waals surface area contributed by atoms with E-state index in [9.17, 15) is 0 Å². The van der Waals surface area contributed by atoms with Crippen molar-refractivity contribution < 1.29 is 4.74 Å². The second-order valence-corrected chi connectivity index (χ2v) is 4.41. The molecule has 0 fully saturated rings. The summed E-state index contributed by atoms with van der Waals surface area (Å²) in [7, 11) is 0. The maximum Gasteiger partial charge on any atom is 0.123 e. The van der Waals surface area contributed by atoms with Crippen LogP contribution in [-0.4, -0.2) is 13.2 Å². The van der Waals surface area contributed by atoms with Crippen molar-refractivity contribution in [2.45, 2.75) is 32.6 Å². The smallest absolute Gasteiger partial charge is 0.123 e. The molecule has 0 radical (unpaired) electrons. The lowest BCUT2D eigenvalue weighted by Crippen LogP contribution is -2.18. The maximum atomic E-state index is 5.72. The Labute approximate surface area is 91.4 Å². The van der Waals surface area contributed by atoms with Crippen LogP contribution >= 0.6 is 0 Å². The molecular weight excluding hydrogens is 186 g/mol. The summed E-state index contributed by atoms with van der Waals surface area (Å²) in [6.45, 7) is 5.88. The van der Waals surface area contributed by atoms with Crippen LogP contribution in [0.2, 0.25) is 0 Å². The van der Waals surface area contributed by atoms with E-state index in [1.165, 1.54) is 16.7 Å². The van der Waals surface area contributed by atoms with Crippen LogP contribution in [0.1, 0.15) is 35.4 Å². The first-order valence-electron chi connectivity index (χ1n) is 5.66. The molecule has 0 amide bonds. The van der Waals surface area contributed by atoms with Crippen LogP contribution in [-0.2, 0) is 0 Å². The standard InChI is InChI=1S/C13H19NO/c1-9-7-10(2)13-11(3-5-14)4-6-15-12(13)8-9/h7-8,11H,3-6,14H2,1-2H3. The van der Waals surface area contributed by atoms with Crippen LogP contribution in [0.15, 0.2) is 12.1 Å². The molecule has 1 atom stereocenters. The molecule has 0 bridgehead atoms. The van der Waals surface area contributed by atoms with E-state index in [1.54, 1.807) is 0 Å². The average molecular weight is 205 g/mol. The number of ether oxygens (including phenoxy) is 1. The highest BCUT2D eigenvalue weighted by Gasteiger charge is 2.22. The Hall–Kier alpha value is -1.02. The fraction of sp³-hybridized carbons (Fsp3) is 0.538. The van der Waals surface area contributed by atoms with E-state index in [4.69, 9.17) is 10.5 Å². The molecule has 1 aromatic carbocycles. The summed E-state index contributed by atoms with van der Waals surface area (Å²) in [4.78, 5) is 0. The lowest BCUT2D eigenvalue weighted by molar-refractivity contribution is 0.263. The fourth-order valence-electron chi connectivity index (χ4n) is 2.53. The molecule has 1 aliphatic rings. The van der Waals surface area contributed by atoms with Crippen molar-refractivity contribution in [1.82, 2.24) is 0 Å². The van der Waals surface area contributed by atoms with Gasteiger partial charge in [0, 0.05) is 5.56 Å². The maximum absolute atomic E-state index is 5.72. The van der Waals surface area contributed by atoms with Gasteiger partial charge in [-0.15, -0.1) is 0 Å². The lowest BCUT2D eigenvalue weighted by atomic mass is 9.86. The summed E-state index contributed by atoms with van der Waals surface area (Å²) < 4.78 is 5.72. The predicted octanol–water partition coefficient (Wildman–Crippen LogP) is 2.52. The van der Waals surface area contributed by atoms with E-state index >= 15 is 0 Å². The van der Waals surface area contributed by atoms with Crippen LogP contribution in [0, 0.1) is 13.8 Å². The number of benzene rings is 1. The largest absolute Gasteiger partial charge is 0.493 e. The molecule has 0 aromatic heterocycles. The monoisotopic (exact) mass is 205 g/mol. The van der Waals surface area contributed by atoms with Gasteiger partial charge < -0.3 is 10.5 Å². The predicted molar refractivity (Wildman–Crippen MR) is 62.4 cm³/mol. The summed E-state index contributed by atoms with van der Waals surface area (Å²) in [6.07, 6.45) is 2.17. The first-order valence-corrected chi connectivity index (χ1v) is 5.66. The Balaban J connectivity index is 2.41. The summed E-state index contributed by atoms with van der Waals surface area (Å²) in [5.41, 5.74) is 9.67. The minimum Gasteiger partial charge on any atom is -0.493 e. The fourth-order valence-corrected chi connectivity index (χ4v) is 2.53. The molecule has 2 nitrogen and oxygen atoms in total. The van der Waals surface area contributed by atoms with Crippen molar-refractivity contribution in [3.8, 4) is 5.75 Å². The van der Waals surface area contributed by atoms with Crippen molar-refractivity contribution in [3.63, 3.8) is 0 Å². The minimum atomic E-state index is 0.597. The Morgan fingerprint density at radius 1 is 1.40 bits per heavy atom. The van der Waals surface area contributed by atoms with Gasteiger partial charge in [-0.25, -0.2) is 0 Å². The zero-order valence-electron chi connectivity index (χ0n) is 9.55. The summed E-state index contributed by atoms with van der Waals surface area (Å²) in [5, 5.41) is 0. The van der Waals surface area contributed by atoms with Gasteiger partial charge in [0.25, 0.3) is 0 Å². The van der Waals surface area contributed by atoms with Crippen LogP contribution in [0.5, 0.6) is 5.75 Å². The van der Waals surface area contributed by atoms with Crippen LogP contribution in [0.25, 0.3) is 0 Å². The molecule has 2 rings (SSSR count). The molecule has 1 heterocycles. The third kappa shape index (κ3) is 2.00. The second kappa shape index (κ2) is 4.23. The van der Waals surface area contributed by atoms with Crippen LogP contribution in [0.3, 0.4) is 0 Å². The zero-order valence-corrected chi connectivity index (χ0v) is 9.55. The first kappa shape index (κ1) is 10.5. The number of hydrogen-bond donors (Lipinski definition) is 1. The highest BCUT2D eigenvalue weighted by Crippen LogP contribution is 2.38. The Morgan fingerprint density at radius 3 is 2.93 bits per heavy atom. The van der Waals surface area contributed by atoms with Gasteiger partial charge in [-0.2, -0.15) is 0 Å². The molecule has 15 heavy (non-hydrogen) atoms. The lowest BCUT2D eigenvalue weighted by Gasteiger charge is -2.27. The Bertz CT molecular complexity index is 360. The molecule has 2 N–H and O–H groups in total. The van der Waals surface area contributed by atoms with Gasteiger partial charge in [-0.3, -0.25) is 0 Å². The van der Waals surface area contributed by atoms with Gasteiger partial charge in [-0.1, -0.05) is 6.07 Å². The second-order valence-electron chi connectivity index (χ2n) is 4.41. The van der Waals surface area contributed by atoms with Crippen molar-refractivity contribution >= 4 is 0 Å². The molecule has 0 spiro atoms. The van der Waals surface area contributed by atoms with Crippen molar-refractivity contribution in [2.24, 2.45) is 5.73 Å². The summed E-state index contributed by atoms with van der Waals surface area (Å²) >= 11 is 0. The molecule has 1 aliphatic heterocycles. The van der Waals surface area contributed by atoms with Crippen molar-refractivity contribution in [1.29, 1.82) is 0 Å². The van der Waals surface area contributed by atoms with E-state index in [0.29, 0.717) is 5.92 Å². The summed E-state index contributed by atoms with van der Waals surface area (Å²) in [6, 6.07) is 4.38. The topological polar surface area (TPSA) is 35.2 Å². The van der Waals surface area contributed by atoms with E-state index in [2.05, 4.69) is 26.0 Å². The third-order valence-corrected chi connectivity index (χ3v) is 3.14. The number of aryl methyl sites for hydroxylation is 2. The Kier molecular flexibility index (Phi) is 2.96. The van der Waals surface area contributed by atoms with E-state index in [0.717, 1.165) is 31.7 Å². The van der Waals surface area contributed by atoms with Crippen LogP contribution < -0.4 is 10.5 Å². The highest BCUT2D eigenvalue weighted by atomic mass is 16.5. The molecule has 1 unspecified atom stereocenters. The van der Waals surface area contributed by atoms with Crippen molar-refractivity contribution in [2.75, 3.05) is 13.2 Å². The van der Waals surface area contributed by atoms with Gasteiger partial charge in [0.2, 0.25) is 0 Å². The molecular formula is C13H19NO. The highest BCUT2D eigenvalue weighted by molar-refractivity contribution is 5.46. The van der Waals surface area contributed by atoms with Gasteiger partial charge in [0.05, 0.1) is 6.61 Å². The number of rotatable bonds is 2. The molecule has 0 aliphatic carbocycles. The first-order chi connectivity index (χ1) is 7.22. The molecule has 82 valence electrons. The summed E-state index contributed by atoms with van der Waals surface area (Å²) in [5.74, 6) is 1.68. The van der Waals surface area contributed by atoms with Gasteiger partial charge in [0.15, 0.2) is 0 Å². The molecule has 0 saturated heterocycles. The van der Waals surface area contributed by atoms with E-state index < -0.39 is 0 Å². The average Bonchev–Trinajstić information content (AvgIpc) is 2.17. The number of hydrogen-bond acceptors (Lipinski definition) is 2. The van der Waals surface area contributed by atoms with Crippen molar-refractivity contribution in [3.05, 3.63) is 28.8 Å². The normalized spacial score (nSPS) is 19.5. The third-order valence-electron chi connectivity index (χ3n) is 3.14. The molecule has 2 heteroatoms. The SMILES string of the molecule is Cc1cc(C)c2c(c1)OCCC2CCN. The quantitative estimate of drug-likeness (QED) is 0.805. The van der Waals surface area contributed by atoms with E-state index in [-0.39, 0.29) is 0 Å². The minimum absolute atomic E-state index is 0.597. The van der Waals surface area contributed by atoms with Crippen LogP contribution in [0.4, 0.5) is 0 Å². The van der Waals surface area contributed by atoms with E-state index in [1.807, 2.05) is 0 Å². The van der Waals surface area contributed by atoms with Gasteiger partial charge in [-0.05, 0) is 56.3 Å². The molecule has 0 saturated carbocycles. The van der Waals surface area contributed by atoms with Gasteiger partial charge >= 0.3 is 0 Å². The number of nitrogens with two attached hydrogens (primary N) is 1. The zero-order chi connectivity index (χ0) is 10.8.